The van der Waals surface area contributed by atoms with E-state index in [-0.39, 0.29) is 17.2 Å². The maximum Gasteiger partial charge on any atom is 0.343 e. The zero-order valence-electron chi connectivity index (χ0n) is 13.1. The molecule has 0 radical (unpaired) electrons. The number of hydrogen-bond donors (Lipinski definition) is 2. The minimum Gasteiger partial charge on any atom is -0.465 e. The first-order valence-corrected chi connectivity index (χ1v) is 7.57. The number of thiophene rings is 1. The number of esters is 1. The molecular weight excluding hydrogens is 290 g/mol. The molecule has 0 atom stereocenters. The summed E-state index contributed by atoms with van der Waals surface area (Å²) in [5.41, 5.74) is 6.40. The van der Waals surface area contributed by atoms with Crippen LogP contribution in [-0.4, -0.2) is 44.5 Å². The minimum absolute atomic E-state index is 0.178. The van der Waals surface area contributed by atoms with Crippen molar-refractivity contribution in [2.24, 2.45) is 5.92 Å². The zero-order valence-corrected chi connectivity index (χ0v) is 14.0. The summed E-state index contributed by atoms with van der Waals surface area (Å²) >= 11 is 1.19. The molecule has 0 spiro atoms. The van der Waals surface area contributed by atoms with Gasteiger partial charge < -0.3 is 20.7 Å². The molecule has 1 aromatic heterocycles. The Morgan fingerprint density at radius 3 is 2.48 bits per heavy atom. The third-order valence-corrected chi connectivity index (χ3v) is 4.09. The number of amides is 1. The first-order chi connectivity index (χ1) is 9.79. The average Bonchev–Trinajstić information content (AvgIpc) is 2.73. The lowest BCUT2D eigenvalue weighted by molar-refractivity contribution is 0.0603. The van der Waals surface area contributed by atoms with Gasteiger partial charge in [-0.25, -0.2) is 4.79 Å². The molecule has 3 N–H and O–H groups in total. The van der Waals surface area contributed by atoms with Gasteiger partial charge >= 0.3 is 5.97 Å². The molecule has 1 aromatic rings. The highest BCUT2D eigenvalue weighted by Crippen LogP contribution is 2.36. The van der Waals surface area contributed by atoms with Crippen LogP contribution in [-0.2, 0) is 4.74 Å². The molecule has 21 heavy (non-hydrogen) atoms. The molecule has 1 heterocycles. The Morgan fingerprint density at radius 1 is 1.38 bits per heavy atom. The van der Waals surface area contributed by atoms with Gasteiger partial charge in [0, 0.05) is 20.6 Å². The molecule has 0 aliphatic rings. The van der Waals surface area contributed by atoms with Crippen LogP contribution in [0.2, 0.25) is 0 Å². The smallest absolute Gasteiger partial charge is 0.343 e. The first kappa shape index (κ1) is 17.3. The molecule has 1 rings (SSSR count). The third kappa shape index (κ3) is 4.10. The van der Waals surface area contributed by atoms with Gasteiger partial charge in [0.2, 0.25) is 0 Å². The standard InChI is InChI=1S/C14H23N3O3S/c1-8(2)6-7-16-12-9(14(19)20-5)10(15)11(21-12)13(18)17(3)4/h8,16H,6-7,15H2,1-5H3. The van der Waals surface area contributed by atoms with Crippen LogP contribution in [0.25, 0.3) is 0 Å². The number of anilines is 2. The minimum atomic E-state index is -0.534. The SMILES string of the molecule is COC(=O)c1c(NCCC(C)C)sc(C(=O)N(C)C)c1N. The number of methoxy groups -OCH3 is 1. The Kier molecular flexibility index (Phi) is 6.02. The van der Waals surface area contributed by atoms with E-state index in [2.05, 4.69) is 19.2 Å². The van der Waals surface area contributed by atoms with Crippen LogP contribution >= 0.6 is 11.3 Å². The number of nitrogen functional groups attached to an aromatic ring is 1. The summed E-state index contributed by atoms with van der Waals surface area (Å²) in [7, 11) is 4.58. The predicted molar refractivity (Wildman–Crippen MR) is 86.0 cm³/mol. The number of ether oxygens (including phenoxy) is 1. The number of hydrogen-bond acceptors (Lipinski definition) is 6. The van der Waals surface area contributed by atoms with Gasteiger partial charge in [-0.05, 0) is 12.3 Å². The lowest BCUT2D eigenvalue weighted by atomic mass is 10.1. The van der Waals surface area contributed by atoms with Crippen molar-refractivity contribution in [2.75, 3.05) is 38.8 Å². The number of carbonyl (C=O) groups excluding carboxylic acids is 2. The second-order valence-corrected chi connectivity index (χ2v) is 6.37. The Morgan fingerprint density at radius 2 is 2.00 bits per heavy atom. The third-order valence-electron chi connectivity index (χ3n) is 2.94. The fourth-order valence-electron chi connectivity index (χ4n) is 1.71. The van der Waals surface area contributed by atoms with E-state index in [0.717, 1.165) is 6.42 Å². The Balaban J connectivity index is 3.12. The van der Waals surface area contributed by atoms with Crippen molar-refractivity contribution >= 4 is 33.9 Å². The molecular formula is C14H23N3O3S. The molecule has 0 aliphatic heterocycles. The van der Waals surface area contributed by atoms with E-state index in [4.69, 9.17) is 10.5 Å². The van der Waals surface area contributed by atoms with Crippen LogP contribution in [0.3, 0.4) is 0 Å². The van der Waals surface area contributed by atoms with Crippen LogP contribution in [0.5, 0.6) is 0 Å². The van der Waals surface area contributed by atoms with Crippen LogP contribution < -0.4 is 11.1 Å². The second-order valence-electron chi connectivity index (χ2n) is 5.35. The quantitative estimate of drug-likeness (QED) is 0.787. The van der Waals surface area contributed by atoms with Gasteiger partial charge in [-0.1, -0.05) is 13.8 Å². The summed E-state index contributed by atoms with van der Waals surface area (Å²) < 4.78 is 4.76. The molecule has 0 saturated carbocycles. The van der Waals surface area contributed by atoms with E-state index in [0.29, 0.717) is 22.3 Å². The number of rotatable bonds is 6. The van der Waals surface area contributed by atoms with E-state index >= 15 is 0 Å². The summed E-state index contributed by atoms with van der Waals surface area (Å²) in [4.78, 5) is 25.8. The average molecular weight is 313 g/mol. The van der Waals surface area contributed by atoms with E-state index in [1.807, 2.05) is 0 Å². The second kappa shape index (κ2) is 7.31. The van der Waals surface area contributed by atoms with Crippen molar-refractivity contribution in [3.8, 4) is 0 Å². The van der Waals surface area contributed by atoms with E-state index in [9.17, 15) is 9.59 Å². The van der Waals surface area contributed by atoms with Crippen molar-refractivity contribution in [3.05, 3.63) is 10.4 Å². The number of nitrogens with one attached hydrogen (secondary N) is 1. The van der Waals surface area contributed by atoms with Crippen molar-refractivity contribution in [3.63, 3.8) is 0 Å². The van der Waals surface area contributed by atoms with E-state index in [1.54, 1.807) is 14.1 Å². The van der Waals surface area contributed by atoms with Crippen LogP contribution in [0, 0.1) is 5.92 Å². The van der Waals surface area contributed by atoms with Gasteiger partial charge in [-0.3, -0.25) is 4.79 Å². The molecule has 1 amide bonds. The van der Waals surface area contributed by atoms with Gasteiger partial charge in [-0.15, -0.1) is 11.3 Å². The number of nitrogens with zero attached hydrogens (tertiary/aromatic N) is 1. The monoisotopic (exact) mass is 313 g/mol. The molecule has 0 saturated heterocycles. The lowest BCUT2D eigenvalue weighted by Gasteiger charge is -2.08. The molecule has 0 unspecified atom stereocenters. The van der Waals surface area contributed by atoms with Crippen molar-refractivity contribution in [1.29, 1.82) is 0 Å². The molecule has 0 aromatic carbocycles. The number of carbonyl (C=O) groups is 2. The molecule has 0 aliphatic carbocycles. The van der Waals surface area contributed by atoms with Gasteiger partial charge in [0.05, 0.1) is 12.8 Å². The normalized spacial score (nSPS) is 10.6. The van der Waals surface area contributed by atoms with Crippen LogP contribution in [0.15, 0.2) is 0 Å². The summed E-state index contributed by atoms with van der Waals surface area (Å²) in [6, 6.07) is 0. The Bertz CT molecular complexity index is 524. The number of nitrogens with two attached hydrogens (primary N) is 1. The van der Waals surface area contributed by atoms with Crippen LogP contribution in [0.1, 0.15) is 40.3 Å². The molecule has 6 nitrogen and oxygen atoms in total. The van der Waals surface area contributed by atoms with Gasteiger partial charge in [0.25, 0.3) is 5.91 Å². The zero-order chi connectivity index (χ0) is 16.2. The van der Waals surface area contributed by atoms with E-state index < -0.39 is 5.97 Å². The maximum absolute atomic E-state index is 12.1. The van der Waals surface area contributed by atoms with Crippen LogP contribution in [0.4, 0.5) is 10.7 Å². The Labute approximate surface area is 129 Å². The lowest BCUT2D eigenvalue weighted by Crippen LogP contribution is -2.21. The maximum atomic E-state index is 12.1. The van der Waals surface area contributed by atoms with Gasteiger partial charge in [0.15, 0.2) is 0 Å². The fraction of sp³-hybridized carbons (Fsp3) is 0.571. The molecule has 0 fully saturated rings. The fourth-order valence-corrected chi connectivity index (χ4v) is 2.87. The molecule has 0 bridgehead atoms. The first-order valence-electron chi connectivity index (χ1n) is 6.75. The Hall–Kier alpha value is -1.76. The molecule has 7 heteroatoms. The summed E-state index contributed by atoms with van der Waals surface area (Å²) in [6.45, 7) is 4.94. The van der Waals surface area contributed by atoms with Gasteiger partial charge in [-0.2, -0.15) is 0 Å². The summed E-state index contributed by atoms with van der Waals surface area (Å²) in [5, 5.41) is 3.77. The summed E-state index contributed by atoms with van der Waals surface area (Å²) in [5.74, 6) is -0.215. The van der Waals surface area contributed by atoms with Crippen molar-refractivity contribution in [1.82, 2.24) is 4.90 Å². The predicted octanol–water partition coefficient (Wildman–Crippen LogP) is 2.28. The highest BCUT2D eigenvalue weighted by Gasteiger charge is 2.26. The molecule has 118 valence electrons. The van der Waals surface area contributed by atoms with Crippen molar-refractivity contribution in [2.45, 2.75) is 20.3 Å². The highest BCUT2D eigenvalue weighted by atomic mass is 32.1. The summed E-state index contributed by atoms with van der Waals surface area (Å²) in [6.07, 6.45) is 0.954. The van der Waals surface area contributed by atoms with Gasteiger partial charge in [0.1, 0.15) is 15.4 Å². The topological polar surface area (TPSA) is 84.7 Å². The largest absolute Gasteiger partial charge is 0.465 e. The van der Waals surface area contributed by atoms with Crippen molar-refractivity contribution < 1.29 is 14.3 Å². The highest BCUT2D eigenvalue weighted by molar-refractivity contribution is 7.19. The van der Waals surface area contributed by atoms with E-state index in [1.165, 1.54) is 23.3 Å².